The molecule has 3 heterocycles. The molecule has 226 valence electrons. The summed E-state index contributed by atoms with van der Waals surface area (Å²) in [5, 5.41) is 14.1. The van der Waals surface area contributed by atoms with Crippen molar-refractivity contribution >= 4 is 11.8 Å². The van der Waals surface area contributed by atoms with Gasteiger partial charge in [0.25, 0.3) is 0 Å². The largest absolute Gasteiger partial charge is 0.475 e. The maximum absolute atomic E-state index is 14.1. The molecule has 5 rings (SSSR count). The Balaban J connectivity index is 1.32. The number of rotatable bonds is 11. The first kappa shape index (κ1) is 29.9. The van der Waals surface area contributed by atoms with Crippen molar-refractivity contribution in [3.05, 3.63) is 71.3 Å². The van der Waals surface area contributed by atoms with E-state index in [2.05, 4.69) is 25.8 Å². The Bertz CT molecular complexity index is 1310. The van der Waals surface area contributed by atoms with E-state index in [1.807, 2.05) is 37.3 Å². The minimum absolute atomic E-state index is 0.304. The van der Waals surface area contributed by atoms with Crippen molar-refractivity contribution in [1.82, 2.24) is 30.2 Å². The first-order chi connectivity index (χ1) is 20.4. The number of methoxy groups -OCH3 is 1. The summed E-state index contributed by atoms with van der Waals surface area (Å²) in [5.41, 5.74) is 1.97. The molecule has 2 aliphatic rings. The predicted molar refractivity (Wildman–Crippen MR) is 156 cm³/mol. The summed E-state index contributed by atoms with van der Waals surface area (Å²) in [5.74, 6) is -0.657. The van der Waals surface area contributed by atoms with Crippen molar-refractivity contribution in [3.63, 3.8) is 0 Å². The third kappa shape index (κ3) is 7.43. The van der Waals surface area contributed by atoms with Crippen molar-refractivity contribution in [1.29, 1.82) is 0 Å². The number of amides is 2. The molecule has 0 spiro atoms. The van der Waals surface area contributed by atoms with Gasteiger partial charge in [0.05, 0.1) is 23.9 Å². The van der Waals surface area contributed by atoms with E-state index in [4.69, 9.17) is 14.6 Å². The van der Waals surface area contributed by atoms with Crippen LogP contribution in [-0.4, -0.2) is 104 Å². The van der Waals surface area contributed by atoms with Crippen molar-refractivity contribution < 1.29 is 23.0 Å². The van der Waals surface area contributed by atoms with Crippen LogP contribution in [0.4, 0.5) is 19.4 Å². The highest BCUT2D eigenvalue weighted by molar-refractivity contribution is 5.90. The van der Waals surface area contributed by atoms with Gasteiger partial charge in [-0.25, -0.2) is 18.3 Å². The molecule has 0 saturated carbocycles. The number of para-hydroxylation sites is 1. The first-order valence-electron chi connectivity index (χ1n) is 14.4. The summed E-state index contributed by atoms with van der Waals surface area (Å²) in [6.45, 7) is 9.19. The molecule has 2 aromatic carbocycles. The van der Waals surface area contributed by atoms with Crippen LogP contribution in [0, 0.1) is 18.6 Å². The van der Waals surface area contributed by atoms with Crippen LogP contribution in [0.25, 0.3) is 5.69 Å². The molecule has 0 radical (unpaired) electrons. The number of nitrogens with zero attached hydrogens (tertiary/aromatic N) is 4. The fourth-order valence-electron chi connectivity index (χ4n) is 5.60. The molecule has 1 aromatic heterocycles. The van der Waals surface area contributed by atoms with Crippen molar-refractivity contribution in [3.8, 4) is 11.6 Å². The molecule has 2 fully saturated rings. The maximum Gasteiger partial charge on any atom is 0.320 e. The standard InChI is InChI=1S/C30H39F2N7O3/c1-21-28(39(25-6-4-3-5-7-25)36-29(21)42-15-13-37-10-8-33-9-11-37)35-30(40)34-27-20-38(12-14-41-2)19-26(27)22-16-23(31)18-24(32)17-22/h3-7,16-18,26-27,33H,8-15,19-20H2,1-2H3,(H2,34,35,40). The van der Waals surface area contributed by atoms with Gasteiger partial charge in [0, 0.05) is 71.5 Å². The van der Waals surface area contributed by atoms with E-state index in [1.165, 1.54) is 12.1 Å². The predicted octanol–water partition coefficient (Wildman–Crippen LogP) is 2.98. The highest BCUT2D eigenvalue weighted by Gasteiger charge is 2.35. The Morgan fingerprint density at radius 1 is 1.02 bits per heavy atom. The fraction of sp³-hybridized carbons (Fsp3) is 0.467. The van der Waals surface area contributed by atoms with Crippen LogP contribution in [-0.2, 0) is 4.74 Å². The second-order valence-electron chi connectivity index (χ2n) is 10.7. The molecule has 2 atom stereocenters. The molecule has 0 aliphatic carbocycles. The molecule has 2 saturated heterocycles. The minimum atomic E-state index is -0.643. The van der Waals surface area contributed by atoms with E-state index in [-0.39, 0.29) is 12.0 Å². The third-order valence-electron chi connectivity index (χ3n) is 7.80. The van der Waals surface area contributed by atoms with Gasteiger partial charge in [-0.2, -0.15) is 0 Å². The van der Waals surface area contributed by atoms with Gasteiger partial charge in [-0.05, 0) is 36.8 Å². The Morgan fingerprint density at radius 2 is 1.74 bits per heavy atom. The summed E-state index contributed by atoms with van der Waals surface area (Å²) in [6.07, 6.45) is 0. The van der Waals surface area contributed by atoms with Crippen LogP contribution < -0.4 is 20.7 Å². The van der Waals surface area contributed by atoms with Gasteiger partial charge in [-0.15, -0.1) is 5.10 Å². The number of aromatic nitrogens is 2. The quantitative estimate of drug-likeness (QED) is 0.320. The number of piperazine rings is 1. The molecule has 3 N–H and O–H groups in total. The summed E-state index contributed by atoms with van der Waals surface area (Å²) in [6, 6.07) is 12.2. The zero-order valence-corrected chi connectivity index (χ0v) is 24.1. The number of likely N-dealkylation sites (tertiary alicyclic amines) is 1. The number of anilines is 1. The van der Waals surface area contributed by atoms with Gasteiger partial charge in [0.15, 0.2) is 0 Å². The molecule has 42 heavy (non-hydrogen) atoms. The average molecular weight is 584 g/mol. The second-order valence-corrected chi connectivity index (χ2v) is 10.7. The van der Waals surface area contributed by atoms with E-state index >= 15 is 0 Å². The number of urea groups is 1. The lowest BCUT2D eigenvalue weighted by molar-refractivity contribution is 0.159. The van der Waals surface area contributed by atoms with E-state index in [9.17, 15) is 13.6 Å². The van der Waals surface area contributed by atoms with Crippen molar-refractivity contribution in [2.75, 3.05) is 78.0 Å². The summed E-state index contributed by atoms with van der Waals surface area (Å²) in [7, 11) is 1.63. The molecule has 2 unspecified atom stereocenters. The van der Waals surface area contributed by atoms with Gasteiger partial charge >= 0.3 is 6.03 Å². The lowest BCUT2D eigenvalue weighted by Gasteiger charge is -2.26. The van der Waals surface area contributed by atoms with Crippen LogP contribution in [0.1, 0.15) is 17.0 Å². The number of benzene rings is 2. The Morgan fingerprint density at radius 3 is 2.45 bits per heavy atom. The van der Waals surface area contributed by atoms with E-state index in [1.54, 1.807) is 11.8 Å². The summed E-state index contributed by atoms with van der Waals surface area (Å²) < 4.78 is 41.2. The van der Waals surface area contributed by atoms with Crippen LogP contribution in [0.5, 0.6) is 5.88 Å². The monoisotopic (exact) mass is 583 g/mol. The molecular weight excluding hydrogens is 544 g/mol. The third-order valence-corrected chi connectivity index (χ3v) is 7.80. The number of nitrogens with one attached hydrogen (secondary N) is 3. The minimum Gasteiger partial charge on any atom is -0.475 e. The zero-order valence-electron chi connectivity index (χ0n) is 24.1. The molecule has 10 nitrogen and oxygen atoms in total. The Hall–Kier alpha value is -3.58. The SMILES string of the molecule is COCCN1CC(NC(=O)Nc2c(C)c(OCCN3CCNCC3)nn2-c2ccccc2)C(c2cc(F)cc(F)c2)C1. The number of halogens is 2. The zero-order chi connectivity index (χ0) is 29.5. The second kappa shape index (κ2) is 14.1. The normalized spacial score (nSPS) is 19.6. The van der Waals surface area contributed by atoms with Crippen LogP contribution in [0.15, 0.2) is 48.5 Å². The number of carbonyl (C=O) groups is 1. The van der Waals surface area contributed by atoms with E-state index < -0.39 is 17.7 Å². The highest BCUT2D eigenvalue weighted by Crippen LogP contribution is 2.31. The fourth-order valence-corrected chi connectivity index (χ4v) is 5.60. The van der Waals surface area contributed by atoms with Gasteiger partial charge in [0.2, 0.25) is 5.88 Å². The van der Waals surface area contributed by atoms with E-state index in [0.29, 0.717) is 55.7 Å². The van der Waals surface area contributed by atoms with Crippen LogP contribution in [0.3, 0.4) is 0 Å². The van der Waals surface area contributed by atoms with Crippen molar-refractivity contribution in [2.24, 2.45) is 0 Å². The molecule has 3 aromatic rings. The molecule has 2 amide bonds. The Labute approximate surface area is 245 Å². The van der Waals surface area contributed by atoms with E-state index in [0.717, 1.165) is 44.5 Å². The van der Waals surface area contributed by atoms with Gasteiger partial charge in [0.1, 0.15) is 24.1 Å². The smallest absolute Gasteiger partial charge is 0.320 e. The van der Waals surface area contributed by atoms with Crippen LogP contribution >= 0.6 is 0 Å². The number of hydrogen-bond acceptors (Lipinski definition) is 7. The maximum atomic E-state index is 14.1. The van der Waals surface area contributed by atoms with Gasteiger partial charge < -0.3 is 20.1 Å². The topological polar surface area (TPSA) is 95.9 Å². The molecule has 0 bridgehead atoms. The van der Waals surface area contributed by atoms with Crippen LogP contribution in [0.2, 0.25) is 0 Å². The van der Waals surface area contributed by atoms with Gasteiger partial charge in [-0.3, -0.25) is 15.1 Å². The summed E-state index contributed by atoms with van der Waals surface area (Å²) >= 11 is 0. The highest BCUT2D eigenvalue weighted by atomic mass is 19.1. The number of carbonyl (C=O) groups excluding carboxylic acids is 1. The molecular formula is C30H39F2N7O3. The number of hydrogen-bond donors (Lipinski definition) is 3. The first-order valence-corrected chi connectivity index (χ1v) is 14.4. The lowest BCUT2D eigenvalue weighted by atomic mass is 9.94. The number of ether oxygens (including phenoxy) is 2. The Kier molecular flexibility index (Phi) is 10.0. The lowest BCUT2D eigenvalue weighted by Crippen LogP contribution is -2.44. The van der Waals surface area contributed by atoms with Crippen molar-refractivity contribution in [2.45, 2.75) is 18.9 Å². The van der Waals surface area contributed by atoms with Gasteiger partial charge in [-0.1, -0.05) is 18.2 Å². The summed E-state index contributed by atoms with van der Waals surface area (Å²) in [4.78, 5) is 17.9. The average Bonchev–Trinajstić information content (AvgIpc) is 3.52. The molecule has 12 heteroatoms. The molecule has 2 aliphatic heterocycles.